The first-order valence-electron chi connectivity index (χ1n) is 5.24. The minimum absolute atomic E-state index is 0.0582. The van der Waals surface area contributed by atoms with Crippen LogP contribution in [-0.2, 0) is 11.2 Å². The van der Waals surface area contributed by atoms with Crippen molar-refractivity contribution in [2.75, 3.05) is 0 Å². The molecule has 2 aromatic rings. The van der Waals surface area contributed by atoms with E-state index in [2.05, 4.69) is 0 Å². The molecule has 17 heavy (non-hydrogen) atoms. The maximum atomic E-state index is 12.7. The smallest absolute Gasteiger partial charge is 0.198 e. The first kappa shape index (κ1) is 11.9. The van der Waals surface area contributed by atoms with Crippen LogP contribution in [0.1, 0.15) is 5.56 Å². The third kappa shape index (κ3) is 3.71. The highest BCUT2D eigenvalue weighted by Crippen LogP contribution is 2.20. The second kappa shape index (κ2) is 5.64. The van der Waals surface area contributed by atoms with Gasteiger partial charge >= 0.3 is 0 Å². The van der Waals surface area contributed by atoms with E-state index in [0.717, 1.165) is 10.5 Å². The Hall–Kier alpha value is -1.61. The van der Waals surface area contributed by atoms with E-state index in [1.54, 1.807) is 12.1 Å². The van der Waals surface area contributed by atoms with Gasteiger partial charge in [-0.2, -0.15) is 0 Å². The van der Waals surface area contributed by atoms with Gasteiger partial charge in [0.25, 0.3) is 0 Å². The summed E-state index contributed by atoms with van der Waals surface area (Å²) in [4.78, 5) is 12.7. The van der Waals surface area contributed by atoms with E-state index in [1.165, 1.54) is 23.9 Å². The zero-order valence-corrected chi connectivity index (χ0v) is 9.91. The number of halogens is 1. The summed E-state index contributed by atoms with van der Waals surface area (Å²) in [7, 11) is 0. The van der Waals surface area contributed by atoms with Crippen LogP contribution in [0.5, 0.6) is 0 Å². The zero-order chi connectivity index (χ0) is 12.1. The van der Waals surface area contributed by atoms with E-state index in [0.29, 0.717) is 6.42 Å². The number of rotatable bonds is 3. The lowest BCUT2D eigenvalue weighted by molar-refractivity contribution is -0.110. The van der Waals surface area contributed by atoms with Gasteiger partial charge in [0.1, 0.15) is 5.82 Å². The van der Waals surface area contributed by atoms with Crippen molar-refractivity contribution in [3.63, 3.8) is 0 Å². The fraction of sp³-hybridized carbons (Fsp3) is 0.0714. The predicted molar refractivity (Wildman–Crippen MR) is 67.4 cm³/mol. The summed E-state index contributed by atoms with van der Waals surface area (Å²) in [6, 6.07) is 15.5. The largest absolute Gasteiger partial charge is 0.286 e. The van der Waals surface area contributed by atoms with Gasteiger partial charge in [0.15, 0.2) is 5.12 Å². The Morgan fingerprint density at radius 1 is 1.00 bits per heavy atom. The van der Waals surface area contributed by atoms with Gasteiger partial charge in [0, 0.05) is 11.3 Å². The summed E-state index contributed by atoms with van der Waals surface area (Å²) in [6.07, 6.45) is 0.319. The van der Waals surface area contributed by atoms with Gasteiger partial charge in [-0.1, -0.05) is 42.1 Å². The Morgan fingerprint density at radius 3 is 2.29 bits per heavy atom. The highest BCUT2D eigenvalue weighted by Gasteiger charge is 2.05. The Labute approximate surface area is 104 Å². The molecule has 0 heterocycles. The van der Waals surface area contributed by atoms with Gasteiger partial charge in [-0.3, -0.25) is 4.79 Å². The van der Waals surface area contributed by atoms with Crippen LogP contribution in [0.4, 0.5) is 4.39 Å². The monoisotopic (exact) mass is 246 g/mol. The molecule has 0 amide bonds. The summed E-state index contributed by atoms with van der Waals surface area (Å²) in [5.41, 5.74) is 0.833. The highest BCUT2D eigenvalue weighted by atomic mass is 32.2. The first-order chi connectivity index (χ1) is 8.24. The van der Waals surface area contributed by atoms with E-state index < -0.39 is 0 Å². The quantitative estimate of drug-likeness (QED) is 0.768. The van der Waals surface area contributed by atoms with Crippen molar-refractivity contribution >= 4 is 16.9 Å². The fourth-order valence-electron chi connectivity index (χ4n) is 1.42. The molecular formula is C14H11FOS. The molecule has 0 fully saturated rings. The molecule has 2 aromatic carbocycles. The lowest BCUT2D eigenvalue weighted by Crippen LogP contribution is -1.97. The van der Waals surface area contributed by atoms with E-state index in [-0.39, 0.29) is 10.9 Å². The standard InChI is InChI=1S/C14H11FOS/c15-12-8-6-11(7-9-12)10-14(16)17-13-4-2-1-3-5-13/h1-9H,10H2. The normalized spacial score (nSPS) is 10.2. The number of hydrogen-bond donors (Lipinski definition) is 0. The predicted octanol–water partition coefficient (Wildman–Crippen LogP) is 3.69. The molecule has 0 aliphatic carbocycles. The van der Waals surface area contributed by atoms with Gasteiger partial charge < -0.3 is 0 Å². The third-order valence-electron chi connectivity index (χ3n) is 2.24. The summed E-state index contributed by atoms with van der Waals surface area (Å²) in [5, 5.41) is 0.0582. The minimum Gasteiger partial charge on any atom is -0.286 e. The Balaban J connectivity index is 1.96. The molecule has 0 atom stereocenters. The molecule has 3 heteroatoms. The topological polar surface area (TPSA) is 17.1 Å². The van der Waals surface area contributed by atoms with Crippen LogP contribution in [0.2, 0.25) is 0 Å². The Bertz CT molecular complexity index is 493. The van der Waals surface area contributed by atoms with Gasteiger partial charge in [-0.05, 0) is 29.8 Å². The maximum absolute atomic E-state index is 12.7. The van der Waals surface area contributed by atoms with E-state index >= 15 is 0 Å². The van der Waals surface area contributed by atoms with Crippen molar-refractivity contribution in [1.29, 1.82) is 0 Å². The van der Waals surface area contributed by atoms with Crippen molar-refractivity contribution in [1.82, 2.24) is 0 Å². The van der Waals surface area contributed by atoms with Crippen LogP contribution in [0.3, 0.4) is 0 Å². The number of carbonyl (C=O) groups is 1. The van der Waals surface area contributed by atoms with Crippen LogP contribution in [0.15, 0.2) is 59.5 Å². The third-order valence-corrected chi connectivity index (χ3v) is 3.12. The molecule has 0 aromatic heterocycles. The van der Waals surface area contributed by atoms with E-state index in [1.807, 2.05) is 30.3 Å². The van der Waals surface area contributed by atoms with Gasteiger partial charge in [0.05, 0.1) is 0 Å². The molecule has 0 unspecified atom stereocenters. The summed E-state index contributed by atoms with van der Waals surface area (Å²) < 4.78 is 12.7. The van der Waals surface area contributed by atoms with Crippen LogP contribution in [-0.4, -0.2) is 5.12 Å². The lowest BCUT2D eigenvalue weighted by atomic mass is 10.2. The molecule has 0 N–H and O–H groups in total. The van der Waals surface area contributed by atoms with Gasteiger partial charge in [0.2, 0.25) is 0 Å². The molecule has 0 saturated heterocycles. The number of thioether (sulfide) groups is 1. The lowest BCUT2D eigenvalue weighted by Gasteiger charge is -2.01. The van der Waals surface area contributed by atoms with Gasteiger partial charge in [-0.15, -0.1) is 0 Å². The van der Waals surface area contributed by atoms with Crippen molar-refractivity contribution in [2.45, 2.75) is 11.3 Å². The number of carbonyl (C=O) groups excluding carboxylic acids is 1. The molecule has 0 aliphatic heterocycles. The van der Waals surface area contributed by atoms with Gasteiger partial charge in [-0.25, -0.2) is 4.39 Å². The van der Waals surface area contributed by atoms with Crippen LogP contribution in [0.25, 0.3) is 0 Å². The Kier molecular flexibility index (Phi) is 3.94. The molecule has 1 nitrogen and oxygen atoms in total. The molecule has 86 valence electrons. The van der Waals surface area contributed by atoms with Crippen molar-refractivity contribution in [2.24, 2.45) is 0 Å². The van der Waals surface area contributed by atoms with Crippen molar-refractivity contribution in [3.05, 3.63) is 66.0 Å². The minimum atomic E-state index is -0.281. The highest BCUT2D eigenvalue weighted by molar-refractivity contribution is 8.13. The second-order valence-electron chi connectivity index (χ2n) is 3.59. The summed E-state index contributed by atoms with van der Waals surface area (Å²) in [5.74, 6) is -0.281. The maximum Gasteiger partial charge on any atom is 0.198 e. The van der Waals surface area contributed by atoms with Crippen LogP contribution in [0, 0.1) is 5.82 Å². The molecule has 0 bridgehead atoms. The summed E-state index contributed by atoms with van der Waals surface area (Å²) >= 11 is 1.21. The fourth-order valence-corrected chi connectivity index (χ4v) is 2.22. The van der Waals surface area contributed by atoms with Crippen molar-refractivity contribution in [3.8, 4) is 0 Å². The number of benzene rings is 2. The average molecular weight is 246 g/mol. The average Bonchev–Trinajstić information content (AvgIpc) is 2.33. The van der Waals surface area contributed by atoms with Crippen molar-refractivity contribution < 1.29 is 9.18 Å². The number of hydrogen-bond acceptors (Lipinski definition) is 2. The molecule has 2 rings (SSSR count). The molecule has 0 saturated carbocycles. The van der Waals surface area contributed by atoms with Crippen LogP contribution < -0.4 is 0 Å². The second-order valence-corrected chi connectivity index (χ2v) is 4.72. The summed E-state index contributed by atoms with van der Waals surface area (Å²) in [6.45, 7) is 0. The molecule has 0 aliphatic rings. The Morgan fingerprint density at radius 2 is 1.65 bits per heavy atom. The van der Waals surface area contributed by atoms with Crippen LogP contribution >= 0.6 is 11.8 Å². The first-order valence-corrected chi connectivity index (χ1v) is 6.06. The molecule has 0 radical (unpaired) electrons. The zero-order valence-electron chi connectivity index (χ0n) is 9.10. The van der Waals surface area contributed by atoms with E-state index in [9.17, 15) is 9.18 Å². The SMILES string of the molecule is O=C(Cc1ccc(F)cc1)Sc1ccccc1. The van der Waals surface area contributed by atoms with E-state index in [4.69, 9.17) is 0 Å². The molecule has 0 spiro atoms. The molecular weight excluding hydrogens is 235 g/mol.